The van der Waals surface area contributed by atoms with Crippen LogP contribution < -0.4 is 5.32 Å². The maximum atomic E-state index is 11.3. The Morgan fingerprint density at radius 2 is 2.35 bits per heavy atom. The number of hydrogen-bond donors (Lipinski definition) is 1. The molecular weight excluding hydrogens is 240 g/mol. The molecule has 1 N–H and O–H groups in total. The van der Waals surface area contributed by atoms with Gasteiger partial charge in [0.2, 0.25) is 5.91 Å². The number of amides is 1. The summed E-state index contributed by atoms with van der Waals surface area (Å²) in [5.74, 6) is -0.789. The van der Waals surface area contributed by atoms with E-state index < -0.39 is 5.97 Å². The van der Waals surface area contributed by atoms with Crippen LogP contribution in [0.25, 0.3) is 6.08 Å². The Morgan fingerprint density at radius 3 is 2.94 bits per heavy atom. The molecule has 92 valence electrons. The topological polar surface area (TPSA) is 68.3 Å². The van der Waals surface area contributed by atoms with Gasteiger partial charge in [-0.25, -0.2) is 4.98 Å². The molecule has 1 amide bonds. The molecule has 0 aliphatic rings. The molecule has 0 aliphatic carbocycles. The fourth-order valence-corrected chi connectivity index (χ4v) is 1.63. The molecule has 0 radical (unpaired) electrons. The number of ether oxygens (including phenoxy) is 1. The fourth-order valence-electron chi connectivity index (χ4n) is 1.05. The van der Waals surface area contributed by atoms with Crippen LogP contribution in [0, 0.1) is 6.92 Å². The minimum Gasteiger partial charge on any atom is -0.465 e. The van der Waals surface area contributed by atoms with Crippen molar-refractivity contribution < 1.29 is 14.3 Å². The quantitative estimate of drug-likeness (QED) is 0.632. The summed E-state index contributed by atoms with van der Waals surface area (Å²) in [6.45, 7) is 3.79. The Bertz CT molecular complexity index is 426. The van der Waals surface area contributed by atoms with Crippen LogP contribution in [0.4, 0.5) is 0 Å². The number of nitrogens with zero attached hydrogens (tertiary/aromatic N) is 1. The second-order valence-electron chi connectivity index (χ2n) is 3.15. The van der Waals surface area contributed by atoms with Crippen molar-refractivity contribution in [2.75, 3.05) is 13.2 Å². The van der Waals surface area contributed by atoms with Gasteiger partial charge in [0.25, 0.3) is 0 Å². The van der Waals surface area contributed by atoms with Gasteiger partial charge in [-0.15, -0.1) is 11.3 Å². The Balaban J connectivity index is 2.34. The molecule has 0 saturated heterocycles. The molecule has 0 aromatic carbocycles. The van der Waals surface area contributed by atoms with E-state index in [4.69, 9.17) is 0 Å². The normalized spacial score (nSPS) is 10.5. The maximum absolute atomic E-state index is 11.3. The zero-order valence-electron chi connectivity index (χ0n) is 9.73. The SMILES string of the molecule is CCOC(=O)CNC(=O)C=Cc1csc(C)n1. The average Bonchev–Trinajstić information content (AvgIpc) is 2.70. The van der Waals surface area contributed by atoms with E-state index in [9.17, 15) is 9.59 Å². The van der Waals surface area contributed by atoms with Crippen molar-refractivity contribution in [3.8, 4) is 0 Å². The van der Waals surface area contributed by atoms with E-state index in [1.54, 1.807) is 13.0 Å². The van der Waals surface area contributed by atoms with Crippen LogP contribution in [-0.2, 0) is 14.3 Å². The highest BCUT2D eigenvalue weighted by atomic mass is 32.1. The highest BCUT2D eigenvalue weighted by Gasteiger charge is 2.03. The predicted octanol–water partition coefficient (Wildman–Crippen LogP) is 1.14. The van der Waals surface area contributed by atoms with E-state index in [0.29, 0.717) is 6.61 Å². The summed E-state index contributed by atoms with van der Waals surface area (Å²) < 4.78 is 4.67. The van der Waals surface area contributed by atoms with E-state index in [1.807, 2.05) is 12.3 Å². The molecular formula is C11H14N2O3S. The molecule has 0 aliphatic heterocycles. The molecule has 0 fully saturated rings. The number of rotatable bonds is 5. The summed E-state index contributed by atoms with van der Waals surface area (Å²) in [7, 11) is 0. The maximum Gasteiger partial charge on any atom is 0.325 e. The smallest absolute Gasteiger partial charge is 0.325 e. The third kappa shape index (κ3) is 5.26. The number of nitrogens with one attached hydrogen (secondary N) is 1. The summed E-state index contributed by atoms with van der Waals surface area (Å²) in [4.78, 5) is 26.4. The molecule has 1 aromatic heterocycles. The van der Waals surface area contributed by atoms with Crippen LogP contribution >= 0.6 is 11.3 Å². The van der Waals surface area contributed by atoms with Crippen molar-refractivity contribution in [3.63, 3.8) is 0 Å². The van der Waals surface area contributed by atoms with Crippen LogP contribution in [0.15, 0.2) is 11.5 Å². The molecule has 17 heavy (non-hydrogen) atoms. The molecule has 0 unspecified atom stereocenters. The molecule has 5 nitrogen and oxygen atoms in total. The van der Waals surface area contributed by atoms with Crippen LogP contribution in [0.2, 0.25) is 0 Å². The molecule has 0 saturated carbocycles. The van der Waals surface area contributed by atoms with Crippen LogP contribution in [0.5, 0.6) is 0 Å². The number of hydrogen-bond acceptors (Lipinski definition) is 5. The molecule has 1 aromatic rings. The third-order valence-electron chi connectivity index (χ3n) is 1.75. The summed E-state index contributed by atoms with van der Waals surface area (Å²) in [6.07, 6.45) is 2.94. The molecule has 0 atom stereocenters. The number of aryl methyl sites for hydroxylation is 1. The van der Waals surface area contributed by atoms with Gasteiger partial charge >= 0.3 is 5.97 Å². The number of esters is 1. The number of thiazole rings is 1. The summed E-state index contributed by atoms with van der Waals surface area (Å²) in [5, 5.41) is 5.21. The monoisotopic (exact) mass is 254 g/mol. The zero-order chi connectivity index (χ0) is 12.7. The van der Waals surface area contributed by atoms with Crippen LogP contribution in [0.3, 0.4) is 0 Å². The lowest BCUT2D eigenvalue weighted by Crippen LogP contribution is -2.29. The minimum atomic E-state index is -0.446. The number of carbonyl (C=O) groups is 2. The van der Waals surface area contributed by atoms with Gasteiger partial charge in [-0.3, -0.25) is 9.59 Å². The van der Waals surface area contributed by atoms with Gasteiger partial charge in [-0.05, 0) is 19.9 Å². The van der Waals surface area contributed by atoms with E-state index >= 15 is 0 Å². The second-order valence-corrected chi connectivity index (χ2v) is 4.21. The summed E-state index contributed by atoms with van der Waals surface area (Å²) >= 11 is 1.51. The van der Waals surface area contributed by atoms with E-state index in [2.05, 4.69) is 15.0 Å². The lowest BCUT2D eigenvalue weighted by Gasteiger charge is -2.01. The van der Waals surface area contributed by atoms with Crippen molar-refractivity contribution in [1.29, 1.82) is 0 Å². The van der Waals surface area contributed by atoms with Gasteiger partial charge in [-0.1, -0.05) is 0 Å². The van der Waals surface area contributed by atoms with Crippen molar-refractivity contribution in [2.45, 2.75) is 13.8 Å². The Hall–Kier alpha value is -1.69. The van der Waals surface area contributed by atoms with Crippen molar-refractivity contribution in [1.82, 2.24) is 10.3 Å². The molecule has 6 heteroatoms. The van der Waals surface area contributed by atoms with E-state index in [0.717, 1.165) is 10.7 Å². The number of aromatic nitrogens is 1. The summed E-state index contributed by atoms with van der Waals surface area (Å²) in [6, 6.07) is 0. The summed E-state index contributed by atoms with van der Waals surface area (Å²) in [5.41, 5.74) is 0.735. The first-order chi connectivity index (χ1) is 8.11. The highest BCUT2D eigenvalue weighted by molar-refractivity contribution is 7.09. The number of carbonyl (C=O) groups excluding carboxylic acids is 2. The van der Waals surface area contributed by atoms with Crippen molar-refractivity contribution in [3.05, 3.63) is 22.2 Å². The van der Waals surface area contributed by atoms with Crippen LogP contribution in [0.1, 0.15) is 17.6 Å². The lowest BCUT2D eigenvalue weighted by atomic mass is 10.4. The van der Waals surface area contributed by atoms with Crippen molar-refractivity contribution in [2.24, 2.45) is 0 Å². The first-order valence-corrected chi connectivity index (χ1v) is 6.03. The van der Waals surface area contributed by atoms with Gasteiger partial charge in [0, 0.05) is 11.5 Å². The van der Waals surface area contributed by atoms with Crippen LogP contribution in [-0.4, -0.2) is 30.0 Å². The van der Waals surface area contributed by atoms with Gasteiger partial charge < -0.3 is 10.1 Å². The first kappa shape index (κ1) is 13.4. The highest BCUT2D eigenvalue weighted by Crippen LogP contribution is 2.08. The third-order valence-corrected chi connectivity index (χ3v) is 2.55. The van der Waals surface area contributed by atoms with Gasteiger partial charge in [0.15, 0.2) is 0 Å². The first-order valence-electron chi connectivity index (χ1n) is 5.15. The predicted molar refractivity (Wildman–Crippen MR) is 65.5 cm³/mol. The lowest BCUT2D eigenvalue weighted by molar-refractivity contribution is -0.143. The van der Waals surface area contributed by atoms with E-state index in [1.165, 1.54) is 17.4 Å². The zero-order valence-corrected chi connectivity index (χ0v) is 10.5. The largest absolute Gasteiger partial charge is 0.465 e. The molecule has 1 rings (SSSR count). The Kier molecular flexibility index (Phi) is 5.35. The van der Waals surface area contributed by atoms with Gasteiger partial charge in [0.05, 0.1) is 17.3 Å². The molecule has 0 spiro atoms. The fraction of sp³-hybridized carbons (Fsp3) is 0.364. The molecule has 1 heterocycles. The van der Waals surface area contributed by atoms with Gasteiger partial charge in [0.1, 0.15) is 6.54 Å². The second kappa shape index (κ2) is 6.80. The Morgan fingerprint density at radius 1 is 1.59 bits per heavy atom. The Labute approximate surface area is 104 Å². The van der Waals surface area contributed by atoms with Gasteiger partial charge in [-0.2, -0.15) is 0 Å². The van der Waals surface area contributed by atoms with E-state index in [-0.39, 0.29) is 12.5 Å². The van der Waals surface area contributed by atoms with Crippen molar-refractivity contribution >= 4 is 29.3 Å². The average molecular weight is 254 g/mol. The minimum absolute atomic E-state index is 0.118. The molecule has 0 bridgehead atoms. The standard InChI is InChI=1S/C11H14N2O3S/c1-3-16-11(15)6-12-10(14)5-4-9-7-17-8(2)13-9/h4-5,7H,3,6H2,1-2H3,(H,12,14).